The molecule has 0 radical (unpaired) electrons. The van der Waals surface area contributed by atoms with Gasteiger partial charge in [0.2, 0.25) is 0 Å². The minimum Gasteiger partial charge on any atom is -0.384 e. The second kappa shape index (κ2) is 4.60. The molecule has 68 valence electrons. The molecule has 1 atom stereocenters. The van der Waals surface area contributed by atoms with E-state index in [0.29, 0.717) is 12.5 Å². The van der Waals surface area contributed by atoms with Crippen LogP contribution in [0.2, 0.25) is 0 Å². The molecule has 0 saturated heterocycles. The summed E-state index contributed by atoms with van der Waals surface area (Å²) in [6.07, 6.45) is 0. The van der Waals surface area contributed by atoms with Crippen LogP contribution in [0.1, 0.15) is 16.4 Å². The van der Waals surface area contributed by atoms with Crippen LogP contribution in [0.4, 0.5) is 0 Å². The summed E-state index contributed by atoms with van der Waals surface area (Å²) in [5.41, 5.74) is 6.97. The van der Waals surface area contributed by atoms with E-state index in [2.05, 4.69) is 18.4 Å². The van der Waals surface area contributed by atoms with Gasteiger partial charge in [-0.3, -0.25) is 0 Å². The van der Waals surface area contributed by atoms with Crippen LogP contribution in [0.5, 0.6) is 0 Å². The Labute approximate surface area is 77.3 Å². The predicted octanol–water partition coefficient (Wildman–Crippen LogP) is 1.75. The number of ether oxygens (including phenoxy) is 1. The first-order chi connectivity index (χ1) is 5.79. The van der Waals surface area contributed by atoms with Gasteiger partial charge in [0.25, 0.3) is 0 Å². The van der Waals surface area contributed by atoms with Crippen molar-refractivity contribution >= 4 is 11.3 Å². The third-order valence-electron chi connectivity index (χ3n) is 1.92. The van der Waals surface area contributed by atoms with E-state index in [1.807, 2.05) is 0 Å². The summed E-state index contributed by atoms with van der Waals surface area (Å²) >= 11 is 1.76. The quantitative estimate of drug-likeness (QED) is 0.775. The van der Waals surface area contributed by atoms with Gasteiger partial charge in [0.15, 0.2) is 0 Å². The van der Waals surface area contributed by atoms with Crippen LogP contribution >= 0.6 is 11.3 Å². The molecule has 0 amide bonds. The Morgan fingerprint density at radius 2 is 2.42 bits per heavy atom. The molecule has 0 aliphatic carbocycles. The van der Waals surface area contributed by atoms with Crippen molar-refractivity contribution in [3.63, 3.8) is 0 Å². The molecular weight excluding hydrogens is 170 g/mol. The lowest BCUT2D eigenvalue weighted by atomic mass is 10.1. The number of hydrogen-bond acceptors (Lipinski definition) is 3. The fourth-order valence-electron chi connectivity index (χ4n) is 1.25. The van der Waals surface area contributed by atoms with Crippen LogP contribution in [0.3, 0.4) is 0 Å². The number of thiophene rings is 1. The smallest absolute Gasteiger partial charge is 0.0551 e. The second-order valence-electron chi connectivity index (χ2n) is 2.86. The third kappa shape index (κ3) is 2.06. The lowest BCUT2D eigenvalue weighted by Crippen LogP contribution is -2.16. The minimum atomic E-state index is 0.370. The molecule has 0 aliphatic rings. The monoisotopic (exact) mass is 185 g/mol. The Morgan fingerprint density at radius 1 is 1.67 bits per heavy atom. The van der Waals surface area contributed by atoms with Gasteiger partial charge in [-0.05, 0) is 23.9 Å². The Balaban J connectivity index is 2.72. The van der Waals surface area contributed by atoms with Crippen molar-refractivity contribution in [2.45, 2.75) is 12.8 Å². The predicted molar refractivity (Wildman–Crippen MR) is 52.7 cm³/mol. The Morgan fingerprint density at radius 3 is 2.83 bits per heavy atom. The Bertz CT molecular complexity index is 234. The number of methoxy groups -OCH3 is 1. The molecule has 1 aromatic heterocycles. The maximum absolute atomic E-state index is 5.65. The van der Waals surface area contributed by atoms with E-state index in [4.69, 9.17) is 10.5 Å². The fraction of sp³-hybridized carbons (Fsp3) is 0.556. The van der Waals surface area contributed by atoms with Crippen LogP contribution in [-0.4, -0.2) is 20.3 Å². The molecule has 1 rings (SSSR count). The highest BCUT2D eigenvalue weighted by Crippen LogP contribution is 2.24. The summed E-state index contributed by atoms with van der Waals surface area (Å²) in [7, 11) is 1.71. The first kappa shape index (κ1) is 9.71. The lowest BCUT2D eigenvalue weighted by molar-refractivity contribution is 0.182. The van der Waals surface area contributed by atoms with Crippen molar-refractivity contribution in [2.24, 2.45) is 5.73 Å². The molecule has 2 nitrogen and oxygen atoms in total. The van der Waals surface area contributed by atoms with Crippen LogP contribution in [-0.2, 0) is 4.74 Å². The van der Waals surface area contributed by atoms with Gasteiger partial charge in [-0.1, -0.05) is 0 Å². The molecule has 2 N–H and O–H groups in total. The summed E-state index contributed by atoms with van der Waals surface area (Å²) in [6, 6.07) is 2.12. The largest absolute Gasteiger partial charge is 0.384 e. The van der Waals surface area contributed by atoms with Gasteiger partial charge in [-0.25, -0.2) is 0 Å². The summed E-state index contributed by atoms with van der Waals surface area (Å²) < 4.78 is 5.10. The highest BCUT2D eigenvalue weighted by molar-refractivity contribution is 7.10. The van der Waals surface area contributed by atoms with Gasteiger partial charge < -0.3 is 10.5 Å². The Kier molecular flexibility index (Phi) is 3.72. The molecule has 0 aliphatic heterocycles. The van der Waals surface area contributed by atoms with E-state index < -0.39 is 0 Å². The highest BCUT2D eigenvalue weighted by atomic mass is 32.1. The van der Waals surface area contributed by atoms with Crippen LogP contribution in [0, 0.1) is 6.92 Å². The van der Waals surface area contributed by atoms with E-state index in [1.54, 1.807) is 18.4 Å². The molecule has 1 heterocycles. The van der Waals surface area contributed by atoms with Gasteiger partial charge in [0.1, 0.15) is 0 Å². The van der Waals surface area contributed by atoms with Crippen molar-refractivity contribution in [2.75, 3.05) is 20.3 Å². The molecular formula is C9H15NOS. The molecule has 1 unspecified atom stereocenters. The second-order valence-corrected chi connectivity index (χ2v) is 3.80. The summed E-state index contributed by atoms with van der Waals surface area (Å²) in [4.78, 5) is 1.36. The zero-order chi connectivity index (χ0) is 8.97. The molecule has 3 heteroatoms. The van der Waals surface area contributed by atoms with Crippen molar-refractivity contribution < 1.29 is 4.74 Å². The van der Waals surface area contributed by atoms with Gasteiger partial charge in [-0.2, -0.15) is 0 Å². The van der Waals surface area contributed by atoms with Crippen LogP contribution in [0.15, 0.2) is 11.4 Å². The van der Waals surface area contributed by atoms with Crippen molar-refractivity contribution in [3.8, 4) is 0 Å². The molecule has 0 bridgehead atoms. The van der Waals surface area contributed by atoms with E-state index in [0.717, 1.165) is 6.61 Å². The van der Waals surface area contributed by atoms with E-state index in [1.165, 1.54) is 10.4 Å². The number of aryl methyl sites for hydroxylation is 1. The van der Waals surface area contributed by atoms with Gasteiger partial charge >= 0.3 is 0 Å². The standard InChI is InChI=1S/C9H15NOS/c1-7-3-4-12-9(7)8(5-10)6-11-2/h3-4,8H,5-6,10H2,1-2H3. The number of hydrogen-bond donors (Lipinski definition) is 1. The van der Waals surface area contributed by atoms with Crippen LogP contribution < -0.4 is 5.73 Å². The maximum atomic E-state index is 5.65. The van der Waals surface area contributed by atoms with E-state index >= 15 is 0 Å². The molecule has 0 fully saturated rings. The molecule has 0 aromatic carbocycles. The van der Waals surface area contributed by atoms with E-state index in [-0.39, 0.29) is 0 Å². The number of nitrogens with two attached hydrogens (primary N) is 1. The van der Waals surface area contributed by atoms with Crippen molar-refractivity contribution in [1.29, 1.82) is 0 Å². The maximum Gasteiger partial charge on any atom is 0.0551 e. The minimum absolute atomic E-state index is 0.370. The molecule has 0 spiro atoms. The normalized spacial score (nSPS) is 13.2. The third-order valence-corrected chi connectivity index (χ3v) is 3.11. The lowest BCUT2D eigenvalue weighted by Gasteiger charge is -2.12. The number of rotatable bonds is 4. The summed E-state index contributed by atoms with van der Waals surface area (Å²) in [5.74, 6) is 0.370. The molecule has 1 aromatic rings. The highest BCUT2D eigenvalue weighted by Gasteiger charge is 2.12. The first-order valence-electron chi connectivity index (χ1n) is 4.02. The van der Waals surface area contributed by atoms with Crippen LogP contribution in [0.25, 0.3) is 0 Å². The van der Waals surface area contributed by atoms with Gasteiger partial charge in [0.05, 0.1) is 6.61 Å². The topological polar surface area (TPSA) is 35.2 Å². The Hall–Kier alpha value is -0.380. The first-order valence-corrected chi connectivity index (χ1v) is 4.90. The average molecular weight is 185 g/mol. The summed E-state index contributed by atoms with van der Waals surface area (Å²) in [6.45, 7) is 3.50. The van der Waals surface area contributed by atoms with E-state index in [9.17, 15) is 0 Å². The molecule has 0 saturated carbocycles. The van der Waals surface area contributed by atoms with Crippen molar-refractivity contribution in [1.82, 2.24) is 0 Å². The van der Waals surface area contributed by atoms with Crippen molar-refractivity contribution in [3.05, 3.63) is 21.9 Å². The zero-order valence-corrected chi connectivity index (χ0v) is 8.36. The zero-order valence-electron chi connectivity index (χ0n) is 7.54. The molecule has 12 heavy (non-hydrogen) atoms. The summed E-state index contributed by atoms with van der Waals surface area (Å²) in [5, 5.41) is 2.10. The average Bonchev–Trinajstić information content (AvgIpc) is 2.47. The SMILES string of the molecule is COCC(CN)c1sccc1C. The van der Waals surface area contributed by atoms with Gasteiger partial charge in [-0.15, -0.1) is 11.3 Å². The fourth-order valence-corrected chi connectivity index (χ4v) is 2.28. The van der Waals surface area contributed by atoms with Gasteiger partial charge in [0, 0.05) is 24.4 Å².